The van der Waals surface area contributed by atoms with E-state index < -0.39 is 0 Å². The van der Waals surface area contributed by atoms with Crippen LogP contribution in [0.15, 0.2) is 18.2 Å². The highest BCUT2D eigenvalue weighted by atomic mass is 16.3. The summed E-state index contributed by atoms with van der Waals surface area (Å²) in [6.07, 6.45) is 0. The third kappa shape index (κ3) is 2.16. The summed E-state index contributed by atoms with van der Waals surface area (Å²) < 4.78 is 0. The molecule has 1 atom stereocenters. The van der Waals surface area contributed by atoms with Crippen molar-refractivity contribution in [2.75, 3.05) is 11.9 Å². The highest BCUT2D eigenvalue weighted by Gasteiger charge is 2.28. The van der Waals surface area contributed by atoms with Crippen LogP contribution in [0.25, 0.3) is 0 Å². The fraction of sp³-hybridized carbons (Fsp3) is 0.364. The van der Waals surface area contributed by atoms with Crippen molar-refractivity contribution in [2.45, 2.75) is 19.6 Å². The lowest BCUT2D eigenvalue weighted by Gasteiger charge is -2.10. The molecule has 1 amide bonds. The van der Waals surface area contributed by atoms with Gasteiger partial charge < -0.3 is 15.7 Å². The lowest BCUT2D eigenvalue weighted by molar-refractivity contribution is -0.115. The second kappa shape index (κ2) is 4.00. The number of anilines is 1. The van der Waals surface area contributed by atoms with Crippen molar-refractivity contribution >= 4 is 11.6 Å². The van der Waals surface area contributed by atoms with E-state index >= 15 is 0 Å². The Bertz CT molecular complexity index is 386. The number of benzene rings is 1. The van der Waals surface area contributed by atoms with Gasteiger partial charge in [-0.1, -0.05) is 12.1 Å². The standard InChI is InChI=1S/C11H14N2O2/c1-7-3-2-4-9(8(7)6-14)13-11(15)10-5-12-10/h2-4,10,12,14H,5-6H2,1H3,(H,13,15). The fourth-order valence-electron chi connectivity index (χ4n) is 1.49. The molecule has 2 rings (SSSR count). The third-order valence-corrected chi connectivity index (χ3v) is 2.55. The monoisotopic (exact) mass is 206 g/mol. The van der Waals surface area contributed by atoms with E-state index in [-0.39, 0.29) is 18.6 Å². The molecule has 1 heterocycles. The van der Waals surface area contributed by atoms with Gasteiger partial charge in [-0.15, -0.1) is 0 Å². The second-order valence-electron chi connectivity index (χ2n) is 3.71. The first-order chi connectivity index (χ1) is 7.22. The zero-order chi connectivity index (χ0) is 10.8. The van der Waals surface area contributed by atoms with Crippen LogP contribution < -0.4 is 10.6 Å². The van der Waals surface area contributed by atoms with Crippen molar-refractivity contribution in [1.82, 2.24) is 5.32 Å². The molecular weight excluding hydrogens is 192 g/mol. The van der Waals surface area contributed by atoms with Crippen LogP contribution in [0.5, 0.6) is 0 Å². The Labute approximate surface area is 88.3 Å². The first kappa shape index (κ1) is 10.1. The molecule has 0 aromatic heterocycles. The molecule has 0 aliphatic carbocycles. The first-order valence-corrected chi connectivity index (χ1v) is 4.96. The summed E-state index contributed by atoms with van der Waals surface area (Å²) in [6.45, 7) is 2.60. The number of nitrogens with one attached hydrogen (secondary N) is 2. The van der Waals surface area contributed by atoms with Crippen LogP contribution in [0.3, 0.4) is 0 Å². The Balaban J connectivity index is 2.19. The zero-order valence-corrected chi connectivity index (χ0v) is 8.58. The maximum Gasteiger partial charge on any atom is 0.242 e. The third-order valence-electron chi connectivity index (χ3n) is 2.55. The van der Waals surface area contributed by atoms with E-state index in [1.54, 1.807) is 6.07 Å². The number of aliphatic hydroxyl groups is 1. The van der Waals surface area contributed by atoms with Crippen LogP contribution in [0.4, 0.5) is 5.69 Å². The number of carbonyl (C=O) groups excluding carboxylic acids is 1. The topological polar surface area (TPSA) is 71.3 Å². The van der Waals surface area contributed by atoms with Crippen LogP contribution in [0.2, 0.25) is 0 Å². The van der Waals surface area contributed by atoms with Gasteiger partial charge in [-0.05, 0) is 18.6 Å². The smallest absolute Gasteiger partial charge is 0.242 e. The second-order valence-corrected chi connectivity index (χ2v) is 3.71. The van der Waals surface area contributed by atoms with Crippen LogP contribution >= 0.6 is 0 Å². The number of hydrogen-bond donors (Lipinski definition) is 3. The van der Waals surface area contributed by atoms with Crippen LogP contribution in [0.1, 0.15) is 11.1 Å². The summed E-state index contributed by atoms with van der Waals surface area (Å²) in [5, 5.41) is 14.9. The van der Waals surface area contributed by atoms with E-state index in [1.165, 1.54) is 0 Å². The van der Waals surface area contributed by atoms with Gasteiger partial charge in [-0.25, -0.2) is 0 Å². The maximum absolute atomic E-state index is 11.5. The predicted octanol–water partition coefficient (Wildman–Crippen LogP) is 0.398. The van der Waals surface area contributed by atoms with Crippen LogP contribution in [-0.4, -0.2) is 23.6 Å². The van der Waals surface area contributed by atoms with Crippen molar-refractivity contribution in [3.63, 3.8) is 0 Å². The molecule has 1 aromatic carbocycles. The van der Waals surface area contributed by atoms with Crippen LogP contribution in [0, 0.1) is 6.92 Å². The molecule has 1 fully saturated rings. The summed E-state index contributed by atoms with van der Waals surface area (Å²) in [5.41, 5.74) is 2.47. The minimum absolute atomic E-state index is 0.0321. The quantitative estimate of drug-likeness (QED) is 0.627. The molecule has 80 valence electrons. The van der Waals surface area contributed by atoms with E-state index in [9.17, 15) is 9.90 Å². The van der Waals surface area contributed by atoms with Gasteiger partial charge >= 0.3 is 0 Å². The van der Waals surface area contributed by atoms with E-state index in [2.05, 4.69) is 10.6 Å². The van der Waals surface area contributed by atoms with E-state index in [4.69, 9.17) is 0 Å². The average Bonchev–Trinajstić information content (AvgIpc) is 3.01. The molecule has 0 bridgehead atoms. The Morgan fingerprint density at radius 3 is 3.00 bits per heavy atom. The number of hydrogen-bond acceptors (Lipinski definition) is 3. The number of carbonyl (C=O) groups is 1. The van der Waals surface area contributed by atoms with Crippen LogP contribution in [-0.2, 0) is 11.4 Å². The summed E-state index contributed by atoms with van der Waals surface area (Å²) in [7, 11) is 0. The van der Waals surface area contributed by atoms with Gasteiger partial charge in [0, 0.05) is 17.8 Å². The molecule has 0 saturated carbocycles. The van der Waals surface area contributed by atoms with E-state index in [0.717, 1.165) is 17.7 Å². The maximum atomic E-state index is 11.5. The molecule has 4 heteroatoms. The van der Waals surface area contributed by atoms with Crippen molar-refractivity contribution in [3.8, 4) is 0 Å². The number of aliphatic hydroxyl groups excluding tert-OH is 1. The summed E-state index contributed by atoms with van der Waals surface area (Å²) >= 11 is 0. The van der Waals surface area contributed by atoms with Gasteiger partial charge in [-0.2, -0.15) is 0 Å². The summed E-state index contributed by atoms with van der Waals surface area (Å²) in [5.74, 6) is -0.0321. The average molecular weight is 206 g/mol. The fourth-order valence-corrected chi connectivity index (χ4v) is 1.49. The van der Waals surface area contributed by atoms with Crippen molar-refractivity contribution < 1.29 is 9.90 Å². The Kier molecular flexibility index (Phi) is 2.70. The molecule has 1 aliphatic heterocycles. The molecule has 15 heavy (non-hydrogen) atoms. The molecular formula is C11H14N2O2. The predicted molar refractivity (Wildman–Crippen MR) is 57.5 cm³/mol. The summed E-state index contributed by atoms with van der Waals surface area (Å²) in [6, 6.07) is 5.52. The minimum atomic E-state index is -0.0583. The van der Waals surface area contributed by atoms with Gasteiger partial charge in [0.25, 0.3) is 0 Å². The molecule has 4 nitrogen and oxygen atoms in total. The van der Waals surface area contributed by atoms with Gasteiger partial charge in [-0.3, -0.25) is 4.79 Å². The van der Waals surface area contributed by atoms with Gasteiger partial charge in [0.05, 0.1) is 12.6 Å². The van der Waals surface area contributed by atoms with Crippen molar-refractivity contribution in [2.24, 2.45) is 0 Å². The lowest BCUT2D eigenvalue weighted by Crippen LogP contribution is -2.20. The lowest BCUT2D eigenvalue weighted by atomic mass is 10.1. The normalized spacial score (nSPS) is 18.7. The van der Waals surface area contributed by atoms with Crippen molar-refractivity contribution in [1.29, 1.82) is 0 Å². The van der Waals surface area contributed by atoms with Crippen molar-refractivity contribution in [3.05, 3.63) is 29.3 Å². The largest absolute Gasteiger partial charge is 0.392 e. The number of rotatable bonds is 3. The Morgan fingerprint density at radius 2 is 2.40 bits per heavy atom. The molecule has 0 spiro atoms. The highest BCUT2D eigenvalue weighted by Crippen LogP contribution is 2.20. The molecule has 3 N–H and O–H groups in total. The van der Waals surface area contributed by atoms with Gasteiger partial charge in [0.15, 0.2) is 0 Å². The molecule has 0 radical (unpaired) electrons. The minimum Gasteiger partial charge on any atom is -0.392 e. The Morgan fingerprint density at radius 1 is 1.67 bits per heavy atom. The SMILES string of the molecule is Cc1cccc(NC(=O)C2CN2)c1CO. The molecule has 1 aromatic rings. The van der Waals surface area contributed by atoms with E-state index in [0.29, 0.717) is 5.69 Å². The molecule has 1 aliphatic rings. The van der Waals surface area contributed by atoms with E-state index in [1.807, 2.05) is 19.1 Å². The first-order valence-electron chi connectivity index (χ1n) is 4.96. The summed E-state index contributed by atoms with van der Waals surface area (Å²) in [4.78, 5) is 11.5. The molecule has 1 saturated heterocycles. The van der Waals surface area contributed by atoms with Gasteiger partial charge in [0.1, 0.15) is 0 Å². The highest BCUT2D eigenvalue weighted by molar-refractivity contribution is 5.97. The van der Waals surface area contributed by atoms with Gasteiger partial charge in [0.2, 0.25) is 5.91 Å². The molecule has 1 unspecified atom stereocenters. The number of aryl methyl sites for hydroxylation is 1. The number of amides is 1. The zero-order valence-electron chi connectivity index (χ0n) is 8.58. The Hall–Kier alpha value is -1.39.